The van der Waals surface area contributed by atoms with Crippen LogP contribution in [0.4, 0.5) is 0 Å². The van der Waals surface area contributed by atoms with Crippen molar-refractivity contribution in [2.45, 2.75) is 31.0 Å². The Kier molecular flexibility index (Phi) is 7.35. The van der Waals surface area contributed by atoms with Crippen molar-refractivity contribution in [3.8, 4) is 0 Å². The summed E-state index contributed by atoms with van der Waals surface area (Å²) < 4.78 is 6.94. The fraction of sp³-hybridized carbons (Fsp3) is 0.367. The maximum atomic E-state index is 14.2. The normalized spacial score (nSPS) is 22.8. The maximum absolute atomic E-state index is 14.2. The second-order valence-electron chi connectivity index (χ2n) is 10.2. The van der Waals surface area contributed by atoms with E-state index in [1.165, 1.54) is 0 Å². The van der Waals surface area contributed by atoms with Crippen LogP contribution in [0.1, 0.15) is 40.7 Å². The fourth-order valence-electron chi connectivity index (χ4n) is 5.85. The van der Waals surface area contributed by atoms with Crippen LogP contribution < -0.4 is 10.4 Å². The third kappa shape index (κ3) is 5.29. The number of pyridine rings is 1. The van der Waals surface area contributed by atoms with E-state index in [2.05, 4.69) is 10.3 Å². The maximum Gasteiger partial charge on any atom is 0.304 e. The number of hydrogen-bond donors (Lipinski definition) is 1. The van der Waals surface area contributed by atoms with E-state index in [1.807, 2.05) is 12.1 Å². The van der Waals surface area contributed by atoms with Gasteiger partial charge in [0.25, 0.3) is 5.91 Å². The Morgan fingerprint density at radius 1 is 0.973 bits per heavy atom. The highest BCUT2D eigenvalue weighted by molar-refractivity contribution is 5.93. The van der Waals surface area contributed by atoms with E-state index in [4.69, 9.17) is 4.74 Å². The van der Waals surface area contributed by atoms with Gasteiger partial charge >= 0.3 is 5.97 Å². The van der Waals surface area contributed by atoms with E-state index < -0.39 is 11.6 Å². The molecule has 0 radical (unpaired) electrons. The van der Waals surface area contributed by atoms with Gasteiger partial charge in [0.05, 0.1) is 25.2 Å². The van der Waals surface area contributed by atoms with Crippen molar-refractivity contribution in [3.63, 3.8) is 0 Å². The van der Waals surface area contributed by atoms with Gasteiger partial charge in [0.2, 0.25) is 0 Å². The first-order valence-corrected chi connectivity index (χ1v) is 13.1. The SMILES string of the molecule is O=C(NCCC[N+]12CCC(CC1)C(OC(=O)C([O-])(c1ccccc1)c1ccccc1)C2)c1cccnc1. The molecule has 1 aromatic heterocycles. The molecule has 0 saturated carbocycles. The number of ether oxygens (including phenoxy) is 1. The Balaban J connectivity index is 1.24. The molecule has 3 aromatic rings. The molecule has 1 unspecified atom stereocenters. The highest BCUT2D eigenvalue weighted by Crippen LogP contribution is 2.37. The smallest absolute Gasteiger partial charge is 0.304 e. The van der Waals surface area contributed by atoms with Crippen LogP contribution in [0, 0.1) is 5.92 Å². The largest absolute Gasteiger partial charge is 0.834 e. The summed E-state index contributed by atoms with van der Waals surface area (Å²) in [6, 6.07) is 21.1. The van der Waals surface area contributed by atoms with E-state index in [9.17, 15) is 14.7 Å². The topological polar surface area (TPSA) is 91.3 Å². The van der Waals surface area contributed by atoms with Gasteiger partial charge in [-0.25, -0.2) is 0 Å². The summed E-state index contributed by atoms with van der Waals surface area (Å²) in [6.45, 7) is 4.26. The Morgan fingerprint density at radius 2 is 1.62 bits per heavy atom. The molecular formula is C30H33N3O4. The number of piperidine rings is 3. The van der Waals surface area contributed by atoms with Gasteiger partial charge in [-0.3, -0.25) is 14.6 Å². The molecule has 2 bridgehead atoms. The Bertz CT molecular complexity index is 1160. The average molecular weight is 500 g/mol. The molecule has 3 fully saturated rings. The molecule has 0 aliphatic carbocycles. The average Bonchev–Trinajstić information content (AvgIpc) is 2.96. The zero-order valence-corrected chi connectivity index (χ0v) is 20.9. The van der Waals surface area contributed by atoms with Crippen LogP contribution in [0.3, 0.4) is 0 Å². The van der Waals surface area contributed by atoms with Crippen molar-refractivity contribution in [2.24, 2.45) is 5.92 Å². The van der Waals surface area contributed by atoms with E-state index in [0.717, 1.165) is 43.4 Å². The molecule has 1 amide bonds. The second-order valence-corrected chi connectivity index (χ2v) is 10.2. The summed E-state index contributed by atoms with van der Waals surface area (Å²) in [4.78, 5) is 29.9. The number of esters is 1. The quantitative estimate of drug-likeness (QED) is 0.278. The van der Waals surface area contributed by atoms with Gasteiger partial charge in [-0.15, -0.1) is 0 Å². The summed E-state index contributed by atoms with van der Waals surface area (Å²) in [5.41, 5.74) is -0.782. The molecule has 3 aliphatic heterocycles. The van der Waals surface area contributed by atoms with Crippen molar-refractivity contribution >= 4 is 11.9 Å². The summed E-state index contributed by atoms with van der Waals surface area (Å²) in [5.74, 6) is -0.568. The number of carbonyl (C=O) groups is 2. The number of aromatic nitrogens is 1. The van der Waals surface area contributed by atoms with E-state index in [1.54, 1.807) is 73.1 Å². The molecule has 192 valence electrons. The first-order chi connectivity index (χ1) is 18.0. The highest BCUT2D eigenvalue weighted by atomic mass is 16.6. The van der Waals surface area contributed by atoms with Gasteiger partial charge in [-0.05, 0) is 23.3 Å². The Morgan fingerprint density at radius 3 is 2.22 bits per heavy atom. The summed E-state index contributed by atoms with van der Waals surface area (Å²) in [7, 11) is 0. The minimum absolute atomic E-state index is 0.120. The van der Waals surface area contributed by atoms with Gasteiger partial charge in [0.15, 0.2) is 6.10 Å². The first kappa shape index (κ1) is 25.1. The molecule has 3 saturated heterocycles. The molecule has 1 atom stereocenters. The number of fused-ring (bicyclic) bond motifs is 3. The molecule has 6 rings (SSSR count). The lowest BCUT2D eigenvalue weighted by molar-refractivity contribution is -0.946. The molecule has 0 spiro atoms. The second kappa shape index (κ2) is 10.8. The van der Waals surface area contributed by atoms with Gasteiger partial charge in [-0.2, -0.15) is 0 Å². The number of nitrogens with zero attached hydrogens (tertiary/aromatic N) is 2. The lowest BCUT2D eigenvalue weighted by Crippen LogP contribution is -2.65. The number of hydrogen-bond acceptors (Lipinski definition) is 5. The summed E-state index contributed by atoms with van der Waals surface area (Å²) in [6.07, 6.45) is 5.71. The highest BCUT2D eigenvalue weighted by Gasteiger charge is 2.48. The van der Waals surface area contributed by atoms with Crippen molar-refractivity contribution in [1.82, 2.24) is 10.3 Å². The first-order valence-electron chi connectivity index (χ1n) is 13.1. The molecule has 7 heteroatoms. The van der Waals surface area contributed by atoms with Crippen LogP contribution in [0.15, 0.2) is 85.2 Å². The van der Waals surface area contributed by atoms with Crippen molar-refractivity contribution in [2.75, 3.05) is 32.7 Å². The molecule has 7 nitrogen and oxygen atoms in total. The molecule has 1 N–H and O–H groups in total. The number of rotatable bonds is 9. The van der Waals surface area contributed by atoms with Crippen LogP contribution in [0.2, 0.25) is 0 Å². The van der Waals surface area contributed by atoms with E-state index >= 15 is 0 Å². The number of nitrogens with one attached hydrogen (secondary N) is 1. The zero-order valence-electron chi connectivity index (χ0n) is 20.9. The van der Waals surface area contributed by atoms with Crippen molar-refractivity contribution < 1.29 is 23.9 Å². The van der Waals surface area contributed by atoms with Crippen molar-refractivity contribution in [3.05, 3.63) is 102 Å². The molecule has 2 aromatic carbocycles. The third-order valence-corrected chi connectivity index (χ3v) is 7.97. The molecule has 37 heavy (non-hydrogen) atoms. The van der Waals surface area contributed by atoms with E-state index in [-0.39, 0.29) is 17.9 Å². The number of carbonyl (C=O) groups excluding carboxylic acids is 2. The predicted octanol–water partition coefficient (Wildman–Crippen LogP) is 2.66. The van der Waals surface area contributed by atoms with Crippen LogP contribution in [-0.2, 0) is 15.1 Å². The number of benzene rings is 2. The van der Waals surface area contributed by atoms with Gasteiger partial charge in [0, 0.05) is 49.7 Å². The fourth-order valence-corrected chi connectivity index (χ4v) is 5.85. The number of amides is 1. The summed E-state index contributed by atoms with van der Waals surface area (Å²) >= 11 is 0. The van der Waals surface area contributed by atoms with Crippen LogP contribution in [-0.4, -0.2) is 60.2 Å². The van der Waals surface area contributed by atoms with E-state index in [0.29, 0.717) is 29.8 Å². The van der Waals surface area contributed by atoms with Gasteiger partial charge in [-0.1, -0.05) is 60.7 Å². The molecular weight excluding hydrogens is 466 g/mol. The standard InChI is InChI=1S/C30H33N3O4/c34-28(24-9-7-16-31-21-24)32-17-8-18-33-19-14-23(15-20-33)27(22-33)37-29(35)30(36,25-10-3-1-4-11-25)26-12-5-2-6-13-26/h1-7,9-13,16,21,23,27H,8,14-15,17-20,22H2,(H,32,34). The zero-order chi connectivity index (χ0) is 25.7. The van der Waals surface area contributed by atoms with Gasteiger partial charge < -0.3 is 19.6 Å². The summed E-state index contributed by atoms with van der Waals surface area (Å²) in [5, 5.41) is 17.2. The van der Waals surface area contributed by atoms with Crippen LogP contribution in [0.25, 0.3) is 0 Å². The Hall–Kier alpha value is -3.55. The molecule has 4 heterocycles. The minimum Gasteiger partial charge on any atom is -0.834 e. The monoisotopic (exact) mass is 499 g/mol. The predicted molar refractivity (Wildman–Crippen MR) is 137 cm³/mol. The van der Waals surface area contributed by atoms with Crippen LogP contribution >= 0.6 is 0 Å². The lowest BCUT2D eigenvalue weighted by atomic mass is 9.82. The van der Waals surface area contributed by atoms with Crippen molar-refractivity contribution in [1.29, 1.82) is 0 Å². The lowest BCUT2D eigenvalue weighted by Gasteiger charge is -2.53. The molecule has 3 aliphatic rings. The Labute approximate surface area is 217 Å². The van der Waals surface area contributed by atoms with Gasteiger partial charge in [0.1, 0.15) is 6.54 Å². The number of quaternary nitrogens is 1. The third-order valence-electron chi connectivity index (χ3n) is 7.97. The van der Waals surface area contributed by atoms with Crippen LogP contribution in [0.5, 0.6) is 0 Å². The minimum atomic E-state index is -2.12.